The smallest absolute Gasteiger partial charge is 0.0717 e. The molecule has 0 saturated carbocycles. The quantitative estimate of drug-likeness (QED) is 0.728. The summed E-state index contributed by atoms with van der Waals surface area (Å²) in [6.45, 7) is 3.43. The zero-order valence-corrected chi connectivity index (χ0v) is 10.4. The van der Waals surface area contributed by atoms with E-state index in [1.54, 1.807) is 0 Å². The summed E-state index contributed by atoms with van der Waals surface area (Å²) in [6.07, 6.45) is 1.31. The highest BCUT2D eigenvalue weighted by atomic mass is 16.5. The van der Waals surface area contributed by atoms with Gasteiger partial charge in [-0.15, -0.1) is 0 Å². The fraction of sp³-hybridized carbons (Fsp3) is 0.571. The molecule has 0 aliphatic rings. The van der Waals surface area contributed by atoms with E-state index < -0.39 is 0 Å². The van der Waals surface area contributed by atoms with E-state index in [2.05, 4.69) is 0 Å². The van der Waals surface area contributed by atoms with E-state index in [4.69, 9.17) is 14.9 Å². The maximum Gasteiger partial charge on any atom is 0.0717 e. The fourth-order valence-electron chi connectivity index (χ4n) is 1.80. The van der Waals surface area contributed by atoms with Crippen LogP contribution in [0.4, 0.5) is 0 Å². The summed E-state index contributed by atoms with van der Waals surface area (Å²) in [4.78, 5) is 0. The van der Waals surface area contributed by atoms with Gasteiger partial charge in [0.05, 0.1) is 13.2 Å². The van der Waals surface area contributed by atoms with Crippen LogP contribution >= 0.6 is 0 Å². The standard InChI is InChI=1S/C14H22O3/c1-14(7-9-15,8-10-16)12-17-11-13-5-3-2-4-6-13/h2-6,15-16H,7-12H2,1H3. The molecule has 0 atom stereocenters. The second-order valence-corrected chi connectivity index (χ2v) is 4.74. The molecule has 3 nitrogen and oxygen atoms in total. The van der Waals surface area contributed by atoms with Gasteiger partial charge >= 0.3 is 0 Å². The first kappa shape index (κ1) is 14.2. The summed E-state index contributed by atoms with van der Waals surface area (Å²) in [6, 6.07) is 9.99. The monoisotopic (exact) mass is 238 g/mol. The lowest BCUT2D eigenvalue weighted by atomic mass is 9.85. The van der Waals surface area contributed by atoms with E-state index in [9.17, 15) is 0 Å². The summed E-state index contributed by atoms with van der Waals surface area (Å²) in [5.74, 6) is 0. The lowest BCUT2D eigenvalue weighted by molar-refractivity contribution is 0.0151. The molecule has 0 aromatic heterocycles. The van der Waals surface area contributed by atoms with Crippen molar-refractivity contribution in [2.75, 3.05) is 19.8 Å². The Kier molecular flexibility index (Phi) is 6.19. The first-order valence-electron chi connectivity index (χ1n) is 6.03. The predicted octanol–water partition coefficient (Wildman–Crippen LogP) is 1.97. The van der Waals surface area contributed by atoms with Crippen LogP contribution in [0.3, 0.4) is 0 Å². The molecule has 96 valence electrons. The molecular weight excluding hydrogens is 216 g/mol. The van der Waals surface area contributed by atoms with Crippen molar-refractivity contribution in [2.45, 2.75) is 26.4 Å². The first-order chi connectivity index (χ1) is 8.20. The minimum Gasteiger partial charge on any atom is -0.396 e. The topological polar surface area (TPSA) is 49.7 Å². The van der Waals surface area contributed by atoms with Crippen LogP contribution in [0.25, 0.3) is 0 Å². The van der Waals surface area contributed by atoms with Crippen molar-refractivity contribution >= 4 is 0 Å². The van der Waals surface area contributed by atoms with E-state index in [0.29, 0.717) is 26.1 Å². The van der Waals surface area contributed by atoms with Crippen molar-refractivity contribution in [1.82, 2.24) is 0 Å². The van der Waals surface area contributed by atoms with Crippen molar-refractivity contribution in [1.29, 1.82) is 0 Å². The van der Waals surface area contributed by atoms with Crippen LogP contribution in [0.2, 0.25) is 0 Å². The summed E-state index contributed by atoms with van der Waals surface area (Å²) in [5, 5.41) is 18.0. The van der Waals surface area contributed by atoms with E-state index in [1.807, 2.05) is 37.3 Å². The summed E-state index contributed by atoms with van der Waals surface area (Å²) in [7, 11) is 0. The van der Waals surface area contributed by atoms with Gasteiger partial charge in [0.25, 0.3) is 0 Å². The van der Waals surface area contributed by atoms with E-state index >= 15 is 0 Å². The number of hydrogen-bond donors (Lipinski definition) is 2. The minimum absolute atomic E-state index is 0.130. The molecule has 1 rings (SSSR count). The van der Waals surface area contributed by atoms with E-state index in [-0.39, 0.29) is 18.6 Å². The third-order valence-corrected chi connectivity index (χ3v) is 2.99. The molecule has 1 aromatic rings. The van der Waals surface area contributed by atoms with Crippen LogP contribution in [0.15, 0.2) is 30.3 Å². The second kappa shape index (κ2) is 7.43. The summed E-state index contributed by atoms with van der Waals surface area (Å²) in [5.41, 5.74) is 1.00. The molecule has 0 fully saturated rings. The van der Waals surface area contributed by atoms with Gasteiger partial charge in [-0.05, 0) is 23.8 Å². The number of aliphatic hydroxyl groups is 2. The van der Waals surface area contributed by atoms with E-state index in [1.165, 1.54) is 0 Å². The summed E-state index contributed by atoms with van der Waals surface area (Å²) < 4.78 is 5.67. The molecule has 3 heteroatoms. The van der Waals surface area contributed by atoms with Crippen LogP contribution in [-0.2, 0) is 11.3 Å². The molecule has 0 spiro atoms. The van der Waals surface area contributed by atoms with Crippen molar-refractivity contribution < 1.29 is 14.9 Å². The Morgan fingerprint density at radius 2 is 1.65 bits per heavy atom. The van der Waals surface area contributed by atoms with Crippen LogP contribution in [0.5, 0.6) is 0 Å². The highest BCUT2D eigenvalue weighted by molar-refractivity contribution is 5.13. The SMILES string of the molecule is CC(CCO)(CCO)COCc1ccccc1. The van der Waals surface area contributed by atoms with Gasteiger partial charge in [0.15, 0.2) is 0 Å². The lowest BCUT2D eigenvalue weighted by Gasteiger charge is -2.27. The van der Waals surface area contributed by atoms with Crippen molar-refractivity contribution in [3.05, 3.63) is 35.9 Å². The molecule has 0 amide bonds. The molecular formula is C14H22O3. The zero-order valence-electron chi connectivity index (χ0n) is 10.4. The molecule has 0 heterocycles. The highest BCUT2D eigenvalue weighted by Gasteiger charge is 2.23. The highest BCUT2D eigenvalue weighted by Crippen LogP contribution is 2.26. The minimum atomic E-state index is -0.141. The molecule has 1 aromatic carbocycles. The van der Waals surface area contributed by atoms with Gasteiger partial charge < -0.3 is 14.9 Å². The average Bonchev–Trinajstić information content (AvgIpc) is 2.31. The Hall–Kier alpha value is -0.900. The fourth-order valence-corrected chi connectivity index (χ4v) is 1.80. The number of ether oxygens (including phenoxy) is 1. The average molecular weight is 238 g/mol. The van der Waals surface area contributed by atoms with Crippen LogP contribution in [0.1, 0.15) is 25.3 Å². The van der Waals surface area contributed by atoms with Crippen molar-refractivity contribution in [2.24, 2.45) is 5.41 Å². The molecule has 17 heavy (non-hydrogen) atoms. The molecule has 0 aliphatic carbocycles. The number of benzene rings is 1. The molecule has 0 saturated heterocycles. The Labute approximate surface area is 103 Å². The number of hydrogen-bond acceptors (Lipinski definition) is 3. The van der Waals surface area contributed by atoms with Gasteiger partial charge in [-0.1, -0.05) is 37.3 Å². The lowest BCUT2D eigenvalue weighted by Crippen LogP contribution is -2.26. The maximum absolute atomic E-state index is 9.01. The Morgan fingerprint density at radius 3 is 2.18 bits per heavy atom. The van der Waals surface area contributed by atoms with Gasteiger partial charge in [0.1, 0.15) is 0 Å². The third-order valence-electron chi connectivity index (χ3n) is 2.99. The second-order valence-electron chi connectivity index (χ2n) is 4.74. The number of aliphatic hydroxyl groups excluding tert-OH is 2. The Morgan fingerprint density at radius 1 is 1.06 bits per heavy atom. The van der Waals surface area contributed by atoms with Crippen LogP contribution in [-0.4, -0.2) is 30.0 Å². The van der Waals surface area contributed by atoms with Gasteiger partial charge in [-0.25, -0.2) is 0 Å². The molecule has 0 aliphatic heterocycles. The van der Waals surface area contributed by atoms with Crippen molar-refractivity contribution in [3.8, 4) is 0 Å². The molecule has 2 N–H and O–H groups in total. The normalized spacial score (nSPS) is 11.7. The Balaban J connectivity index is 2.37. The molecule has 0 bridgehead atoms. The van der Waals surface area contributed by atoms with E-state index in [0.717, 1.165) is 5.56 Å². The van der Waals surface area contributed by atoms with Crippen LogP contribution < -0.4 is 0 Å². The molecule has 0 radical (unpaired) electrons. The Bertz CT molecular complexity index is 292. The predicted molar refractivity (Wildman–Crippen MR) is 67.6 cm³/mol. The maximum atomic E-state index is 9.01. The largest absolute Gasteiger partial charge is 0.396 e. The van der Waals surface area contributed by atoms with Crippen molar-refractivity contribution in [3.63, 3.8) is 0 Å². The van der Waals surface area contributed by atoms with Crippen LogP contribution in [0, 0.1) is 5.41 Å². The van der Waals surface area contributed by atoms with Gasteiger partial charge in [0, 0.05) is 13.2 Å². The summed E-state index contributed by atoms with van der Waals surface area (Å²) >= 11 is 0. The zero-order chi connectivity index (χ0) is 12.6. The third kappa shape index (κ3) is 5.31. The van der Waals surface area contributed by atoms with Gasteiger partial charge in [0.2, 0.25) is 0 Å². The number of rotatable bonds is 8. The van der Waals surface area contributed by atoms with Gasteiger partial charge in [-0.3, -0.25) is 0 Å². The van der Waals surface area contributed by atoms with Gasteiger partial charge in [-0.2, -0.15) is 0 Å². The molecule has 0 unspecified atom stereocenters. The first-order valence-corrected chi connectivity index (χ1v) is 6.03.